The predicted octanol–water partition coefficient (Wildman–Crippen LogP) is 4.43. The Balaban J connectivity index is 1.41. The van der Waals surface area contributed by atoms with Crippen molar-refractivity contribution in [2.75, 3.05) is 13.9 Å². The maximum Gasteiger partial charge on any atom is 0.231 e. The summed E-state index contributed by atoms with van der Waals surface area (Å²) in [5.74, 6) is 2.62. The van der Waals surface area contributed by atoms with E-state index in [-0.39, 0.29) is 12.6 Å². The van der Waals surface area contributed by atoms with Crippen LogP contribution in [-0.2, 0) is 19.7 Å². The van der Waals surface area contributed by atoms with Gasteiger partial charge in [0.1, 0.15) is 12.4 Å². The number of para-hydroxylation sites is 1. The maximum absolute atomic E-state index is 13.1. The standard InChI is InChI=1S/C23H22FNO4/c1-26-21-4-2-3-18(23(21)27-14-16-5-8-19(24)9-6-16)13-25-12-17-7-10-20-22(11-17)29-15-28-20/h2-11,25H,12-15H2,1H3. The minimum Gasteiger partial charge on any atom is -0.493 e. The molecule has 3 aromatic rings. The highest BCUT2D eigenvalue weighted by atomic mass is 19.1. The fourth-order valence-corrected chi connectivity index (χ4v) is 3.15. The molecule has 3 aromatic carbocycles. The van der Waals surface area contributed by atoms with E-state index in [0.29, 0.717) is 31.2 Å². The summed E-state index contributed by atoms with van der Waals surface area (Å²) in [6.07, 6.45) is 0. The van der Waals surface area contributed by atoms with Gasteiger partial charge in [0, 0.05) is 18.7 Å². The van der Waals surface area contributed by atoms with Gasteiger partial charge in [-0.3, -0.25) is 0 Å². The van der Waals surface area contributed by atoms with Gasteiger partial charge < -0.3 is 24.3 Å². The Bertz CT molecular complexity index is 975. The first kappa shape index (κ1) is 19.1. The summed E-state index contributed by atoms with van der Waals surface area (Å²) in [4.78, 5) is 0. The van der Waals surface area contributed by atoms with Gasteiger partial charge >= 0.3 is 0 Å². The molecule has 29 heavy (non-hydrogen) atoms. The van der Waals surface area contributed by atoms with Crippen molar-refractivity contribution in [3.05, 3.63) is 83.2 Å². The van der Waals surface area contributed by atoms with E-state index in [9.17, 15) is 4.39 Å². The van der Waals surface area contributed by atoms with Crippen LogP contribution in [0.4, 0.5) is 4.39 Å². The lowest BCUT2D eigenvalue weighted by Gasteiger charge is -2.16. The topological polar surface area (TPSA) is 49.0 Å². The van der Waals surface area contributed by atoms with Crippen molar-refractivity contribution >= 4 is 0 Å². The van der Waals surface area contributed by atoms with Gasteiger partial charge in [-0.2, -0.15) is 0 Å². The van der Waals surface area contributed by atoms with Crippen molar-refractivity contribution < 1.29 is 23.3 Å². The quantitative estimate of drug-likeness (QED) is 0.611. The number of fused-ring (bicyclic) bond motifs is 1. The molecule has 1 heterocycles. The number of hydrogen-bond acceptors (Lipinski definition) is 5. The first-order valence-electron chi connectivity index (χ1n) is 9.35. The molecule has 0 radical (unpaired) electrons. The largest absolute Gasteiger partial charge is 0.493 e. The van der Waals surface area contributed by atoms with Crippen LogP contribution in [0.5, 0.6) is 23.0 Å². The van der Waals surface area contributed by atoms with Crippen molar-refractivity contribution in [1.29, 1.82) is 0 Å². The molecule has 0 bridgehead atoms. The van der Waals surface area contributed by atoms with Crippen molar-refractivity contribution in [3.63, 3.8) is 0 Å². The molecular formula is C23H22FNO4. The molecule has 0 aliphatic carbocycles. The Morgan fingerprint density at radius 1 is 0.931 bits per heavy atom. The smallest absolute Gasteiger partial charge is 0.231 e. The highest BCUT2D eigenvalue weighted by Gasteiger charge is 2.14. The zero-order chi connectivity index (χ0) is 20.1. The number of halogens is 1. The normalized spacial score (nSPS) is 12.1. The molecule has 0 saturated heterocycles. The molecular weight excluding hydrogens is 373 g/mol. The third-order valence-corrected chi connectivity index (χ3v) is 4.66. The van der Waals surface area contributed by atoms with Crippen LogP contribution in [0.1, 0.15) is 16.7 Å². The van der Waals surface area contributed by atoms with E-state index < -0.39 is 0 Å². The number of nitrogens with one attached hydrogen (secondary N) is 1. The van der Waals surface area contributed by atoms with E-state index in [2.05, 4.69) is 5.32 Å². The molecule has 1 aliphatic heterocycles. The zero-order valence-electron chi connectivity index (χ0n) is 16.1. The van der Waals surface area contributed by atoms with Crippen molar-refractivity contribution in [2.24, 2.45) is 0 Å². The van der Waals surface area contributed by atoms with Crippen molar-refractivity contribution in [2.45, 2.75) is 19.7 Å². The zero-order valence-corrected chi connectivity index (χ0v) is 16.1. The summed E-state index contributed by atoms with van der Waals surface area (Å²) in [5, 5.41) is 3.43. The number of benzene rings is 3. The lowest BCUT2D eigenvalue weighted by molar-refractivity contribution is 0.174. The van der Waals surface area contributed by atoms with Crippen molar-refractivity contribution in [3.8, 4) is 23.0 Å². The van der Waals surface area contributed by atoms with E-state index in [1.807, 2.05) is 36.4 Å². The summed E-state index contributed by atoms with van der Waals surface area (Å²) in [6, 6.07) is 18.0. The summed E-state index contributed by atoms with van der Waals surface area (Å²) in [6.45, 7) is 1.87. The fraction of sp³-hybridized carbons (Fsp3) is 0.217. The summed E-state index contributed by atoms with van der Waals surface area (Å²) < 4.78 is 35.4. The molecule has 0 spiro atoms. The van der Waals surface area contributed by atoms with Crippen LogP contribution in [0.15, 0.2) is 60.7 Å². The van der Waals surface area contributed by atoms with E-state index in [1.54, 1.807) is 19.2 Å². The minimum absolute atomic E-state index is 0.264. The molecule has 0 atom stereocenters. The SMILES string of the molecule is COc1cccc(CNCc2ccc3c(c2)OCO3)c1OCc1ccc(F)cc1. The van der Waals surface area contributed by atoms with Crippen LogP contribution >= 0.6 is 0 Å². The molecule has 1 aliphatic rings. The Morgan fingerprint density at radius 2 is 1.72 bits per heavy atom. The lowest BCUT2D eigenvalue weighted by Crippen LogP contribution is -2.14. The van der Waals surface area contributed by atoms with Gasteiger partial charge in [-0.1, -0.05) is 30.3 Å². The first-order chi connectivity index (χ1) is 14.2. The monoisotopic (exact) mass is 395 g/mol. The number of rotatable bonds is 8. The van der Waals surface area contributed by atoms with Gasteiger partial charge in [-0.15, -0.1) is 0 Å². The van der Waals surface area contributed by atoms with E-state index in [4.69, 9.17) is 18.9 Å². The van der Waals surface area contributed by atoms with Crippen LogP contribution in [0, 0.1) is 5.82 Å². The third kappa shape index (κ3) is 4.60. The first-order valence-corrected chi connectivity index (χ1v) is 9.35. The van der Waals surface area contributed by atoms with Crippen LogP contribution in [0.3, 0.4) is 0 Å². The van der Waals surface area contributed by atoms with E-state index >= 15 is 0 Å². The summed E-state index contributed by atoms with van der Waals surface area (Å²) in [5.41, 5.74) is 2.97. The van der Waals surface area contributed by atoms with Crippen LogP contribution in [0.25, 0.3) is 0 Å². The van der Waals surface area contributed by atoms with Gasteiger partial charge in [-0.25, -0.2) is 4.39 Å². The molecule has 5 nitrogen and oxygen atoms in total. The highest BCUT2D eigenvalue weighted by molar-refractivity contribution is 5.47. The number of methoxy groups -OCH3 is 1. The van der Waals surface area contributed by atoms with Crippen LogP contribution < -0.4 is 24.3 Å². The van der Waals surface area contributed by atoms with Crippen LogP contribution in [-0.4, -0.2) is 13.9 Å². The van der Waals surface area contributed by atoms with Crippen LogP contribution in [0.2, 0.25) is 0 Å². The molecule has 150 valence electrons. The molecule has 0 fully saturated rings. The Labute approximate surface area is 169 Å². The second kappa shape index (κ2) is 8.84. The second-order valence-electron chi connectivity index (χ2n) is 6.65. The summed E-state index contributed by atoms with van der Waals surface area (Å²) >= 11 is 0. The number of hydrogen-bond donors (Lipinski definition) is 1. The lowest BCUT2D eigenvalue weighted by atomic mass is 10.1. The highest BCUT2D eigenvalue weighted by Crippen LogP contribution is 2.33. The second-order valence-corrected chi connectivity index (χ2v) is 6.65. The van der Waals surface area contributed by atoms with Gasteiger partial charge in [0.25, 0.3) is 0 Å². The Kier molecular flexibility index (Phi) is 5.81. The average Bonchev–Trinajstić information content (AvgIpc) is 3.21. The van der Waals surface area contributed by atoms with Gasteiger partial charge in [0.2, 0.25) is 6.79 Å². The molecule has 0 aromatic heterocycles. The molecule has 0 saturated carbocycles. The molecule has 1 N–H and O–H groups in total. The molecule has 0 amide bonds. The molecule has 6 heteroatoms. The fourth-order valence-electron chi connectivity index (χ4n) is 3.15. The molecule has 4 rings (SSSR count). The molecule has 0 unspecified atom stereocenters. The minimum atomic E-state index is -0.264. The van der Waals surface area contributed by atoms with E-state index in [1.165, 1.54) is 12.1 Å². The predicted molar refractivity (Wildman–Crippen MR) is 107 cm³/mol. The maximum atomic E-state index is 13.1. The Morgan fingerprint density at radius 3 is 2.55 bits per heavy atom. The Hall–Kier alpha value is -3.25. The van der Waals surface area contributed by atoms with E-state index in [0.717, 1.165) is 28.2 Å². The average molecular weight is 395 g/mol. The van der Waals surface area contributed by atoms with Gasteiger partial charge in [0.15, 0.2) is 23.0 Å². The van der Waals surface area contributed by atoms with Gasteiger partial charge in [-0.05, 0) is 41.5 Å². The third-order valence-electron chi connectivity index (χ3n) is 4.66. The van der Waals surface area contributed by atoms with Crippen molar-refractivity contribution in [1.82, 2.24) is 5.32 Å². The summed E-state index contributed by atoms with van der Waals surface area (Å²) in [7, 11) is 1.61. The number of ether oxygens (including phenoxy) is 4. The van der Waals surface area contributed by atoms with Gasteiger partial charge in [0.05, 0.1) is 7.11 Å².